The number of halogens is 4. The normalized spacial score (nSPS) is 22.4. The van der Waals surface area contributed by atoms with Crippen LogP contribution in [0.3, 0.4) is 0 Å². The van der Waals surface area contributed by atoms with Crippen molar-refractivity contribution in [1.82, 2.24) is 19.5 Å². The van der Waals surface area contributed by atoms with Crippen LogP contribution in [-0.2, 0) is 4.79 Å². The minimum absolute atomic E-state index is 0.0743. The number of hydrogen-bond acceptors (Lipinski definition) is 6. The lowest BCUT2D eigenvalue weighted by Gasteiger charge is -2.29. The summed E-state index contributed by atoms with van der Waals surface area (Å²) in [6.45, 7) is 0. The number of rotatable bonds is 6. The molecule has 0 aliphatic heterocycles. The lowest BCUT2D eigenvalue weighted by molar-refractivity contribution is -0.122. The number of aromatic nitrogens is 4. The smallest absolute Gasteiger partial charge is 0.248 e. The van der Waals surface area contributed by atoms with Crippen LogP contribution >= 0.6 is 11.6 Å². The van der Waals surface area contributed by atoms with Crippen molar-refractivity contribution in [3.63, 3.8) is 0 Å². The number of primary amides is 1. The van der Waals surface area contributed by atoms with Crippen LogP contribution in [-0.4, -0.2) is 37.4 Å². The molecule has 2 aromatic heterocycles. The number of para-hydroxylation sites is 1. The fraction of sp³-hybridized carbons (Fsp3) is 0.500. The number of hydrogen-bond donors (Lipinski definition) is 3. The second kappa shape index (κ2) is 9.76. The first-order valence-corrected chi connectivity index (χ1v) is 12.5. The van der Waals surface area contributed by atoms with Gasteiger partial charge in [0.05, 0.1) is 16.9 Å². The van der Waals surface area contributed by atoms with Crippen molar-refractivity contribution < 1.29 is 18.0 Å². The van der Waals surface area contributed by atoms with E-state index in [2.05, 4.69) is 25.6 Å². The predicted octanol–water partition coefficient (Wildman–Crippen LogP) is 5.57. The molecule has 0 spiro atoms. The van der Waals surface area contributed by atoms with Crippen molar-refractivity contribution in [3.8, 4) is 0 Å². The van der Waals surface area contributed by atoms with Crippen LogP contribution in [0, 0.1) is 11.7 Å². The summed E-state index contributed by atoms with van der Waals surface area (Å²) >= 11 is 6.24. The number of nitrogens with zero attached hydrogens (tertiary/aromatic N) is 4. The first-order valence-electron chi connectivity index (χ1n) is 12.1. The lowest BCUT2D eigenvalue weighted by Crippen LogP contribution is -2.32. The summed E-state index contributed by atoms with van der Waals surface area (Å²) in [5.41, 5.74) is 6.61. The molecule has 5 rings (SSSR count). The van der Waals surface area contributed by atoms with Crippen molar-refractivity contribution >= 4 is 46.3 Å². The number of alkyl halides is 2. The zero-order valence-corrected chi connectivity index (χ0v) is 20.2. The molecule has 36 heavy (non-hydrogen) atoms. The Bertz CT molecular complexity index is 1250. The van der Waals surface area contributed by atoms with E-state index in [0.717, 1.165) is 0 Å². The molecule has 0 unspecified atom stereocenters. The molecule has 1 aromatic carbocycles. The summed E-state index contributed by atoms with van der Waals surface area (Å²) < 4.78 is 43.6. The van der Waals surface area contributed by atoms with Crippen LogP contribution in [0.1, 0.15) is 57.4 Å². The van der Waals surface area contributed by atoms with Gasteiger partial charge in [0.25, 0.3) is 0 Å². The fourth-order valence-corrected chi connectivity index (χ4v) is 5.32. The van der Waals surface area contributed by atoms with Gasteiger partial charge >= 0.3 is 0 Å². The van der Waals surface area contributed by atoms with E-state index in [9.17, 15) is 18.0 Å². The van der Waals surface area contributed by atoms with Gasteiger partial charge in [0, 0.05) is 30.8 Å². The Hall–Kier alpha value is -3.08. The Kier molecular flexibility index (Phi) is 6.67. The quantitative estimate of drug-likeness (QED) is 0.391. The molecule has 12 heteroatoms. The molecular weight excluding hydrogens is 495 g/mol. The summed E-state index contributed by atoms with van der Waals surface area (Å²) in [6.07, 6.45) is 4.40. The average molecular weight is 522 g/mol. The molecule has 0 radical (unpaired) electrons. The largest absolute Gasteiger partial charge is 0.369 e. The molecule has 2 aliphatic rings. The van der Waals surface area contributed by atoms with E-state index in [1.165, 1.54) is 12.1 Å². The topological polar surface area (TPSA) is 111 Å². The van der Waals surface area contributed by atoms with Crippen LogP contribution < -0.4 is 16.4 Å². The fourth-order valence-electron chi connectivity index (χ4n) is 5.11. The van der Waals surface area contributed by atoms with Crippen molar-refractivity contribution in [2.24, 2.45) is 11.7 Å². The highest BCUT2D eigenvalue weighted by atomic mass is 35.5. The van der Waals surface area contributed by atoms with Gasteiger partial charge < -0.3 is 16.4 Å². The van der Waals surface area contributed by atoms with Gasteiger partial charge in [-0.05, 0) is 50.7 Å². The molecule has 4 N–H and O–H groups in total. The molecule has 2 fully saturated rings. The van der Waals surface area contributed by atoms with E-state index in [-0.39, 0.29) is 47.5 Å². The minimum atomic E-state index is -2.63. The average Bonchev–Trinajstić information content (AvgIpc) is 3.20. The van der Waals surface area contributed by atoms with E-state index in [4.69, 9.17) is 17.3 Å². The first kappa shape index (κ1) is 24.6. The number of benzene rings is 1. The van der Waals surface area contributed by atoms with Crippen molar-refractivity contribution in [3.05, 3.63) is 35.2 Å². The molecule has 0 saturated heterocycles. The summed E-state index contributed by atoms with van der Waals surface area (Å²) in [6, 6.07) is 4.16. The number of anilines is 3. The molecular formula is C24H27ClF3N7O. The first-order chi connectivity index (χ1) is 17.2. The van der Waals surface area contributed by atoms with Crippen molar-refractivity contribution in [1.29, 1.82) is 0 Å². The molecule has 1 amide bonds. The van der Waals surface area contributed by atoms with Crippen molar-refractivity contribution in [2.45, 2.75) is 69.4 Å². The minimum Gasteiger partial charge on any atom is -0.369 e. The van der Waals surface area contributed by atoms with Gasteiger partial charge in [0.2, 0.25) is 23.7 Å². The molecule has 2 aliphatic carbocycles. The van der Waals surface area contributed by atoms with E-state index < -0.39 is 11.7 Å². The molecule has 0 bridgehead atoms. The Balaban J connectivity index is 1.48. The van der Waals surface area contributed by atoms with Gasteiger partial charge in [0.15, 0.2) is 5.65 Å². The van der Waals surface area contributed by atoms with Crippen LogP contribution in [0.2, 0.25) is 5.02 Å². The number of nitrogens with one attached hydrogen (secondary N) is 2. The molecule has 8 nitrogen and oxygen atoms in total. The van der Waals surface area contributed by atoms with Crippen LogP contribution in [0.4, 0.5) is 30.8 Å². The Morgan fingerprint density at radius 3 is 2.50 bits per heavy atom. The van der Waals surface area contributed by atoms with Crippen molar-refractivity contribution in [2.75, 3.05) is 10.6 Å². The predicted molar refractivity (Wildman–Crippen MR) is 131 cm³/mol. The Labute approximate surface area is 210 Å². The SMILES string of the molecule is NC(=O)[C@H]1CC[C@H](n2c(Nc3c(F)cccc3Cl)nc3cnc(NC4CCC(F)(F)CC4)nc32)CC1. The highest BCUT2D eigenvalue weighted by Gasteiger charge is 2.35. The van der Waals surface area contributed by atoms with Gasteiger partial charge in [-0.1, -0.05) is 17.7 Å². The molecule has 2 heterocycles. The maximum Gasteiger partial charge on any atom is 0.248 e. The van der Waals surface area contributed by atoms with Gasteiger partial charge in [-0.25, -0.2) is 23.1 Å². The third-order valence-corrected chi connectivity index (χ3v) is 7.46. The molecule has 0 atom stereocenters. The van der Waals surface area contributed by atoms with E-state index in [1.807, 2.05) is 4.57 Å². The number of carbonyl (C=O) groups is 1. The number of carbonyl (C=O) groups excluding carboxylic acids is 1. The van der Waals surface area contributed by atoms with E-state index in [0.29, 0.717) is 61.6 Å². The monoisotopic (exact) mass is 521 g/mol. The number of nitrogens with two attached hydrogens (primary N) is 1. The number of fused-ring (bicyclic) bond motifs is 1. The Morgan fingerprint density at radius 2 is 1.83 bits per heavy atom. The zero-order valence-electron chi connectivity index (χ0n) is 19.5. The second-order valence-corrected chi connectivity index (χ2v) is 10.0. The zero-order chi connectivity index (χ0) is 25.4. The van der Waals surface area contributed by atoms with Gasteiger partial charge in [-0.15, -0.1) is 0 Å². The van der Waals surface area contributed by atoms with Gasteiger partial charge in [-0.3, -0.25) is 9.36 Å². The van der Waals surface area contributed by atoms with Gasteiger partial charge in [-0.2, -0.15) is 4.98 Å². The summed E-state index contributed by atoms with van der Waals surface area (Å²) in [7, 11) is 0. The maximum absolute atomic E-state index is 14.6. The number of amides is 1. The van der Waals surface area contributed by atoms with Crippen LogP contribution in [0.25, 0.3) is 11.2 Å². The van der Waals surface area contributed by atoms with E-state index in [1.54, 1.807) is 12.3 Å². The molecule has 192 valence electrons. The van der Waals surface area contributed by atoms with E-state index >= 15 is 0 Å². The summed E-state index contributed by atoms with van der Waals surface area (Å²) in [5.74, 6) is -2.98. The third-order valence-electron chi connectivity index (χ3n) is 7.15. The highest BCUT2D eigenvalue weighted by Crippen LogP contribution is 2.38. The number of imidazole rings is 1. The van der Waals surface area contributed by atoms with Gasteiger partial charge in [0.1, 0.15) is 11.3 Å². The maximum atomic E-state index is 14.6. The molecule has 3 aromatic rings. The molecule has 2 saturated carbocycles. The summed E-state index contributed by atoms with van der Waals surface area (Å²) in [4.78, 5) is 25.3. The van der Waals surface area contributed by atoms with Crippen LogP contribution in [0.15, 0.2) is 24.4 Å². The summed E-state index contributed by atoms with van der Waals surface area (Å²) in [5, 5.41) is 6.40. The Morgan fingerprint density at radius 1 is 1.11 bits per heavy atom. The second-order valence-electron chi connectivity index (χ2n) is 9.61. The third kappa shape index (κ3) is 5.07. The lowest BCUT2D eigenvalue weighted by atomic mass is 9.85. The highest BCUT2D eigenvalue weighted by molar-refractivity contribution is 6.33. The van der Waals surface area contributed by atoms with Crippen LogP contribution in [0.5, 0.6) is 0 Å². The standard InChI is InChI=1S/C24H27ClF3N7O/c25-16-2-1-3-17(26)19(16)33-23-32-18-12-30-22(31-14-8-10-24(27,28)11-9-14)34-21(18)35(23)15-6-4-13(5-7-15)20(29)36/h1-3,12-15H,4-11H2,(H2,29,36)(H,32,33)(H,30,31,34)/t13-,15-.